The maximum Gasteiger partial charge on any atom is 0.224 e. The maximum atomic E-state index is 9.85. The molecule has 32 heavy (non-hydrogen) atoms. The van der Waals surface area contributed by atoms with Crippen LogP contribution in [0.3, 0.4) is 0 Å². The van der Waals surface area contributed by atoms with E-state index >= 15 is 0 Å². The third kappa shape index (κ3) is 5.27. The van der Waals surface area contributed by atoms with Crippen molar-refractivity contribution in [2.45, 2.75) is 31.8 Å². The van der Waals surface area contributed by atoms with Gasteiger partial charge in [0.25, 0.3) is 0 Å². The Morgan fingerprint density at radius 3 is 2.91 bits per heavy atom. The summed E-state index contributed by atoms with van der Waals surface area (Å²) in [6.07, 6.45) is 7.23. The summed E-state index contributed by atoms with van der Waals surface area (Å²) in [4.78, 5) is 13.6. The van der Waals surface area contributed by atoms with Crippen molar-refractivity contribution in [2.24, 2.45) is 0 Å². The highest BCUT2D eigenvalue weighted by Gasteiger charge is 2.17. The highest BCUT2D eigenvalue weighted by atomic mass is 35.5. The van der Waals surface area contributed by atoms with E-state index < -0.39 is 0 Å². The van der Waals surface area contributed by atoms with Crippen molar-refractivity contribution < 1.29 is 9.84 Å². The molecule has 1 aliphatic rings. The predicted molar refractivity (Wildman–Crippen MR) is 125 cm³/mol. The lowest BCUT2D eigenvalue weighted by Gasteiger charge is -2.23. The number of aliphatic hydroxyl groups is 1. The van der Waals surface area contributed by atoms with Crippen LogP contribution in [0.2, 0.25) is 5.02 Å². The van der Waals surface area contributed by atoms with E-state index in [4.69, 9.17) is 21.3 Å². The molecule has 1 atom stereocenters. The van der Waals surface area contributed by atoms with E-state index in [1.165, 1.54) is 0 Å². The van der Waals surface area contributed by atoms with Gasteiger partial charge in [0, 0.05) is 42.2 Å². The Morgan fingerprint density at radius 1 is 1.34 bits per heavy atom. The minimum absolute atomic E-state index is 0.105. The number of imidazole rings is 1. The fourth-order valence-electron chi connectivity index (χ4n) is 3.62. The summed E-state index contributed by atoms with van der Waals surface area (Å²) >= 11 is 6.09. The molecule has 8 nitrogen and oxygen atoms in total. The summed E-state index contributed by atoms with van der Waals surface area (Å²) in [5.74, 6) is 1.33. The van der Waals surface area contributed by atoms with Crippen LogP contribution in [0.4, 0.5) is 5.95 Å². The van der Waals surface area contributed by atoms with Gasteiger partial charge in [0.05, 0.1) is 18.3 Å². The van der Waals surface area contributed by atoms with Gasteiger partial charge in [-0.2, -0.15) is 4.98 Å². The van der Waals surface area contributed by atoms with Crippen LogP contribution in [0.5, 0.6) is 0 Å². The van der Waals surface area contributed by atoms with Crippen LogP contribution in [0.1, 0.15) is 35.7 Å². The lowest BCUT2D eigenvalue weighted by molar-refractivity contribution is 0.0903. The fraction of sp³-hybridized carbons (Fsp3) is 0.348. The van der Waals surface area contributed by atoms with E-state index in [1.54, 1.807) is 18.6 Å². The number of benzene rings is 1. The molecule has 1 saturated heterocycles. The second-order valence-electron chi connectivity index (χ2n) is 7.81. The molecule has 0 amide bonds. The average Bonchev–Trinajstić information content (AvgIpc) is 3.29. The zero-order valence-electron chi connectivity index (χ0n) is 18.0. The minimum Gasteiger partial charge on any atom is -0.394 e. The smallest absolute Gasteiger partial charge is 0.224 e. The van der Waals surface area contributed by atoms with E-state index in [2.05, 4.69) is 27.2 Å². The summed E-state index contributed by atoms with van der Waals surface area (Å²) in [6, 6.07) is 7.33. The first-order valence-corrected chi connectivity index (χ1v) is 11.0. The summed E-state index contributed by atoms with van der Waals surface area (Å²) in [7, 11) is 0. The number of nitrogens with zero attached hydrogens (tertiary/aromatic N) is 4. The van der Waals surface area contributed by atoms with Gasteiger partial charge in [-0.3, -0.25) is 4.57 Å². The lowest BCUT2D eigenvalue weighted by atomic mass is 10.1. The molecule has 4 rings (SSSR count). The van der Waals surface area contributed by atoms with Gasteiger partial charge in [0.1, 0.15) is 17.8 Å². The molecule has 0 spiro atoms. The molecular weight excluding hydrogens is 428 g/mol. The number of hydrogen-bond donors (Lipinski definition) is 3. The number of hydrogen-bond acceptors (Lipinski definition) is 7. The Balaban J connectivity index is 1.49. The lowest BCUT2D eigenvalue weighted by Crippen LogP contribution is -2.28. The minimum atomic E-state index is -0.345. The summed E-state index contributed by atoms with van der Waals surface area (Å²) in [5, 5.41) is 17.1. The van der Waals surface area contributed by atoms with Crippen LogP contribution in [0.15, 0.2) is 49.6 Å². The normalized spacial score (nSPS) is 15.3. The van der Waals surface area contributed by atoms with E-state index in [9.17, 15) is 5.11 Å². The Morgan fingerprint density at radius 2 is 2.16 bits per heavy atom. The second kappa shape index (κ2) is 10.1. The zero-order valence-corrected chi connectivity index (χ0v) is 18.7. The fourth-order valence-corrected chi connectivity index (χ4v) is 3.82. The van der Waals surface area contributed by atoms with E-state index in [1.807, 2.05) is 35.9 Å². The Bertz CT molecular complexity index is 1080. The molecule has 3 N–H and O–H groups in total. The summed E-state index contributed by atoms with van der Waals surface area (Å²) < 4.78 is 7.26. The number of halogens is 1. The topological polar surface area (TPSA) is 97.1 Å². The van der Waals surface area contributed by atoms with E-state index in [0.717, 1.165) is 43.0 Å². The van der Waals surface area contributed by atoms with Gasteiger partial charge in [-0.15, -0.1) is 0 Å². The standard InChI is InChI=1S/C23H27ClN6O2/c1-15-11-25-23(28-19-6-8-32-9-7-19)29-22(15)30-12-20(26-14-30)16(2)27-21(13-31)17-4-3-5-18(24)10-17/h3-5,10-12,14,19,21,27,31H,2,6-9,13H2,1H3,(H,25,28,29)/t21-/m1/s1. The van der Waals surface area contributed by atoms with Crippen molar-refractivity contribution in [1.29, 1.82) is 0 Å². The third-order valence-corrected chi connectivity index (χ3v) is 5.65. The summed E-state index contributed by atoms with van der Waals surface area (Å²) in [6.45, 7) is 7.45. The molecule has 0 unspecified atom stereocenters. The number of anilines is 1. The third-order valence-electron chi connectivity index (χ3n) is 5.42. The maximum absolute atomic E-state index is 9.85. The molecule has 0 bridgehead atoms. The van der Waals surface area contributed by atoms with Gasteiger partial charge >= 0.3 is 0 Å². The van der Waals surface area contributed by atoms with Gasteiger partial charge < -0.3 is 20.5 Å². The van der Waals surface area contributed by atoms with Crippen LogP contribution >= 0.6 is 11.6 Å². The first kappa shape index (κ1) is 22.3. The predicted octanol–water partition coefficient (Wildman–Crippen LogP) is 3.51. The van der Waals surface area contributed by atoms with Crippen molar-refractivity contribution >= 4 is 23.2 Å². The molecule has 168 valence electrons. The highest BCUT2D eigenvalue weighted by Crippen LogP contribution is 2.22. The number of rotatable bonds is 8. The molecular formula is C23H27ClN6O2. The number of aromatic nitrogens is 4. The molecule has 3 aromatic rings. The second-order valence-corrected chi connectivity index (χ2v) is 8.25. The highest BCUT2D eigenvalue weighted by molar-refractivity contribution is 6.30. The monoisotopic (exact) mass is 454 g/mol. The van der Waals surface area contributed by atoms with E-state index in [-0.39, 0.29) is 12.6 Å². The molecule has 0 saturated carbocycles. The van der Waals surface area contributed by atoms with Gasteiger partial charge in [-0.1, -0.05) is 30.3 Å². The number of aryl methyl sites for hydroxylation is 1. The first-order chi connectivity index (χ1) is 15.5. The van der Waals surface area contributed by atoms with Crippen molar-refractivity contribution in [2.75, 3.05) is 25.1 Å². The van der Waals surface area contributed by atoms with Crippen molar-refractivity contribution in [3.63, 3.8) is 0 Å². The molecule has 0 radical (unpaired) electrons. The molecule has 3 heterocycles. The molecule has 1 aliphatic heterocycles. The number of ether oxygens (including phenoxy) is 1. The van der Waals surface area contributed by atoms with Crippen LogP contribution in [-0.4, -0.2) is 50.5 Å². The van der Waals surface area contributed by atoms with Gasteiger partial charge in [-0.05, 0) is 37.5 Å². The van der Waals surface area contributed by atoms with Gasteiger partial charge in [0.15, 0.2) is 0 Å². The molecule has 9 heteroatoms. The number of aliphatic hydroxyl groups excluding tert-OH is 1. The Labute approximate surface area is 192 Å². The number of nitrogens with one attached hydrogen (secondary N) is 2. The van der Waals surface area contributed by atoms with Crippen molar-refractivity contribution in [3.8, 4) is 5.82 Å². The molecule has 1 aromatic carbocycles. The quantitative estimate of drug-likeness (QED) is 0.479. The SMILES string of the molecule is C=C(N[C@H](CO)c1cccc(Cl)c1)c1cn(-c2nc(NC3CCOCC3)ncc2C)cn1. The average molecular weight is 455 g/mol. The first-order valence-electron chi connectivity index (χ1n) is 10.6. The Kier molecular flexibility index (Phi) is 7.04. The molecule has 1 fully saturated rings. The van der Waals surface area contributed by atoms with Gasteiger partial charge in [-0.25, -0.2) is 9.97 Å². The van der Waals surface area contributed by atoms with Crippen LogP contribution in [0, 0.1) is 6.92 Å². The molecule has 0 aliphatic carbocycles. The zero-order chi connectivity index (χ0) is 22.5. The van der Waals surface area contributed by atoms with Crippen LogP contribution in [-0.2, 0) is 4.74 Å². The summed E-state index contributed by atoms with van der Waals surface area (Å²) in [5.41, 5.74) is 3.05. The van der Waals surface area contributed by atoms with Gasteiger partial charge in [0.2, 0.25) is 5.95 Å². The molecule has 2 aromatic heterocycles. The Hall–Kier alpha value is -2.94. The van der Waals surface area contributed by atoms with E-state index in [0.29, 0.717) is 28.4 Å². The van der Waals surface area contributed by atoms with Crippen molar-refractivity contribution in [3.05, 3.63) is 71.4 Å². The largest absolute Gasteiger partial charge is 0.394 e. The van der Waals surface area contributed by atoms with Crippen LogP contribution < -0.4 is 10.6 Å². The van der Waals surface area contributed by atoms with Crippen molar-refractivity contribution in [1.82, 2.24) is 24.8 Å². The van der Waals surface area contributed by atoms with Crippen LogP contribution in [0.25, 0.3) is 11.5 Å².